The van der Waals surface area contributed by atoms with E-state index in [0.29, 0.717) is 17.9 Å². The topological polar surface area (TPSA) is 3.24 Å². The molecule has 2 aliphatic rings. The number of fused-ring (bicyclic) bond motifs is 3. The molecule has 0 amide bonds. The second kappa shape index (κ2) is 6.38. The number of benzene rings is 2. The minimum absolute atomic E-state index is 0.115. The molecular formula is C21H21F4N. The molecule has 138 valence electrons. The van der Waals surface area contributed by atoms with Gasteiger partial charge in [0.1, 0.15) is 5.82 Å². The minimum atomic E-state index is -4.30. The third-order valence-corrected chi connectivity index (χ3v) is 6.04. The van der Waals surface area contributed by atoms with Crippen molar-refractivity contribution in [3.05, 3.63) is 70.5 Å². The number of likely N-dealkylation sites (tertiary alicyclic amines) is 1. The third-order valence-electron chi connectivity index (χ3n) is 6.04. The SMILES string of the molecule is CN1C[C@@H]2c3cccc(C(F)(F)F)c3CCC2[C@H]1Cc1cccc(F)c1. The average Bonchev–Trinajstić information content (AvgIpc) is 2.90. The van der Waals surface area contributed by atoms with Gasteiger partial charge in [-0.1, -0.05) is 24.3 Å². The van der Waals surface area contributed by atoms with Gasteiger partial charge in [0.05, 0.1) is 5.56 Å². The molecule has 0 spiro atoms. The van der Waals surface area contributed by atoms with Gasteiger partial charge in [0, 0.05) is 18.5 Å². The molecule has 1 saturated heterocycles. The molecule has 1 heterocycles. The highest BCUT2D eigenvalue weighted by Crippen LogP contribution is 2.48. The van der Waals surface area contributed by atoms with E-state index in [-0.39, 0.29) is 17.8 Å². The van der Waals surface area contributed by atoms with E-state index in [2.05, 4.69) is 4.90 Å². The number of alkyl halides is 3. The van der Waals surface area contributed by atoms with Crippen LogP contribution in [0.25, 0.3) is 0 Å². The zero-order valence-corrected chi connectivity index (χ0v) is 14.6. The second-order valence-corrected chi connectivity index (χ2v) is 7.52. The lowest BCUT2D eigenvalue weighted by molar-refractivity contribution is -0.138. The Morgan fingerprint density at radius 1 is 1.12 bits per heavy atom. The number of nitrogens with zero attached hydrogens (tertiary/aromatic N) is 1. The van der Waals surface area contributed by atoms with Gasteiger partial charge in [0.25, 0.3) is 0 Å². The van der Waals surface area contributed by atoms with Crippen molar-refractivity contribution in [1.82, 2.24) is 4.90 Å². The monoisotopic (exact) mass is 363 g/mol. The summed E-state index contributed by atoms with van der Waals surface area (Å²) in [6.07, 6.45) is -2.37. The maximum absolute atomic E-state index is 13.5. The van der Waals surface area contributed by atoms with Gasteiger partial charge in [0.15, 0.2) is 0 Å². The number of rotatable bonds is 2. The maximum Gasteiger partial charge on any atom is 0.416 e. The quantitative estimate of drug-likeness (QED) is 0.675. The molecule has 2 aromatic rings. The predicted octanol–water partition coefficient (Wildman–Crippen LogP) is 5.05. The highest BCUT2D eigenvalue weighted by Gasteiger charge is 2.45. The summed E-state index contributed by atoms with van der Waals surface area (Å²) < 4.78 is 53.6. The number of likely N-dealkylation sites (N-methyl/N-ethyl adjacent to an activating group) is 1. The molecule has 0 N–H and O–H groups in total. The average molecular weight is 363 g/mol. The lowest BCUT2D eigenvalue weighted by Crippen LogP contribution is -2.33. The molecule has 4 rings (SSSR count). The lowest BCUT2D eigenvalue weighted by atomic mass is 9.72. The van der Waals surface area contributed by atoms with Gasteiger partial charge in [-0.05, 0) is 67.1 Å². The maximum atomic E-state index is 13.5. The van der Waals surface area contributed by atoms with Crippen molar-refractivity contribution in [2.45, 2.75) is 37.4 Å². The Morgan fingerprint density at radius 2 is 1.88 bits per heavy atom. The van der Waals surface area contributed by atoms with Crippen LogP contribution >= 0.6 is 0 Å². The van der Waals surface area contributed by atoms with Crippen LogP contribution in [-0.4, -0.2) is 24.5 Å². The van der Waals surface area contributed by atoms with Gasteiger partial charge in [-0.25, -0.2) is 4.39 Å². The Labute approximate surface area is 150 Å². The summed E-state index contributed by atoms with van der Waals surface area (Å²) in [7, 11) is 2.02. The van der Waals surface area contributed by atoms with E-state index in [0.717, 1.165) is 30.5 Å². The largest absolute Gasteiger partial charge is 0.416 e. The molecule has 0 radical (unpaired) electrons. The van der Waals surface area contributed by atoms with Crippen LogP contribution in [0.1, 0.15) is 34.6 Å². The molecule has 3 atom stereocenters. The Bertz CT molecular complexity index is 814. The van der Waals surface area contributed by atoms with E-state index >= 15 is 0 Å². The van der Waals surface area contributed by atoms with Gasteiger partial charge in [-0.2, -0.15) is 13.2 Å². The van der Waals surface area contributed by atoms with Crippen LogP contribution in [0.4, 0.5) is 17.6 Å². The van der Waals surface area contributed by atoms with Crippen LogP contribution in [0.5, 0.6) is 0 Å². The van der Waals surface area contributed by atoms with Crippen LogP contribution < -0.4 is 0 Å². The van der Waals surface area contributed by atoms with E-state index in [1.165, 1.54) is 18.2 Å². The van der Waals surface area contributed by atoms with Gasteiger partial charge in [-0.15, -0.1) is 0 Å². The van der Waals surface area contributed by atoms with Crippen molar-refractivity contribution in [3.63, 3.8) is 0 Å². The van der Waals surface area contributed by atoms with Crippen LogP contribution in [-0.2, 0) is 19.0 Å². The summed E-state index contributed by atoms with van der Waals surface area (Å²) in [5.41, 5.74) is 1.78. The van der Waals surface area contributed by atoms with Crippen LogP contribution in [0.15, 0.2) is 42.5 Å². The Hall–Kier alpha value is -1.88. The lowest BCUT2D eigenvalue weighted by Gasteiger charge is -2.33. The van der Waals surface area contributed by atoms with Crippen molar-refractivity contribution in [2.75, 3.05) is 13.6 Å². The van der Waals surface area contributed by atoms with Gasteiger partial charge >= 0.3 is 6.18 Å². The first-order valence-corrected chi connectivity index (χ1v) is 8.98. The molecule has 26 heavy (non-hydrogen) atoms. The van der Waals surface area contributed by atoms with E-state index in [1.54, 1.807) is 12.1 Å². The summed E-state index contributed by atoms with van der Waals surface area (Å²) >= 11 is 0. The fourth-order valence-electron chi connectivity index (χ4n) is 4.92. The normalized spacial score (nSPS) is 25.8. The summed E-state index contributed by atoms with van der Waals surface area (Å²) in [6.45, 7) is 0.749. The van der Waals surface area contributed by atoms with Crippen molar-refractivity contribution in [1.29, 1.82) is 0 Å². The summed E-state index contributed by atoms with van der Waals surface area (Å²) in [4.78, 5) is 2.23. The molecule has 0 saturated carbocycles. The Kier molecular flexibility index (Phi) is 4.30. The first-order valence-electron chi connectivity index (χ1n) is 8.98. The van der Waals surface area contributed by atoms with Crippen molar-refractivity contribution < 1.29 is 17.6 Å². The third kappa shape index (κ3) is 3.02. The van der Waals surface area contributed by atoms with Gasteiger partial charge in [0.2, 0.25) is 0 Å². The zero-order valence-electron chi connectivity index (χ0n) is 14.6. The van der Waals surface area contributed by atoms with Crippen LogP contribution in [0, 0.1) is 11.7 Å². The van der Waals surface area contributed by atoms with Crippen LogP contribution in [0.3, 0.4) is 0 Å². The van der Waals surface area contributed by atoms with Crippen LogP contribution in [0.2, 0.25) is 0 Å². The van der Waals surface area contributed by atoms with E-state index in [1.807, 2.05) is 19.2 Å². The fraction of sp³-hybridized carbons (Fsp3) is 0.429. The molecule has 0 bridgehead atoms. The molecule has 1 aliphatic carbocycles. The molecule has 1 aliphatic heterocycles. The number of halogens is 4. The molecular weight excluding hydrogens is 342 g/mol. The van der Waals surface area contributed by atoms with E-state index in [4.69, 9.17) is 0 Å². The van der Waals surface area contributed by atoms with Gasteiger partial charge < -0.3 is 4.90 Å². The first-order chi connectivity index (χ1) is 12.3. The fourth-order valence-corrected chi connectivity index (χ4v) is 4.92. The number of hydrogen-bond acceptors (Lipinski definition) is 1. The predicted molar refractivity (Wildman–Crippen MR) is 92.5 cm³/mol. The van der Waals surface area contributed by atoms with Crippen molar-refractivity contribution in [3.8, 4) is 0 Å². The summed E-state index contributed by atoms with van der Waals surface area (Å²) in [6, 6.07) is 11.4. The van der Waals surface area contributed by atoms with Crippen molar-refractivity contribution >= 4 is 0 Å². The Morgan fingerprint density at radius 3 is 2.62 bits per heavy atom. The summed E-state index contributed by atoms with van der Waals surface area (Å²) in [5, 5.41) is 0. The minimum Gasteiger partial charge on any atom is -0.302 e. The number of hydrogen-bond donors (Lipinski definition) is 0. The molecule has 5 heteroatoms. The zero-order chi connectivity index (χ0) is 18.5. The smallest absolute Gasteiger partial charge is 0.302 e. The Balaban J connectivity index is 1.64. The highest BCUT2D eigenvalue weighted by molar-refractivity contribution is 5.43. The van der Waals surface area contributed by atoms with Crippen molar-refractivity contribution in [2.24, 2.45) is 5.92 Å². The summed E-state index contributed by atoms with van der Waals surface area (Å²) in [5.74, 6) is 0.173. The first kappa shape index (κ1) is 17.5. The molecule has 0 aromatic heterocycles. The standard InChI is InChI=1S/C21H21F4N/c1-26-12-18-15-6-3-7-19(21(23,24)25)16(15)8-9-17(18)20(26)11-13-4-2-5-14(22)10-13/h2-7,10,17-18,20H,8-9,11-12H2,1H3/t17?,18-,20-/m1/s1. The van der Waals surface area contributed by atoms with Gasteiger partial charge in [-0.3, -0.25) is 0 Å². The van der Waals surface area contributed by atoms with E-state index in [9.17, 15) is 17.6 Å². The molecule has 1 nitrogen and oxygen atoms in total. The molecule has 2 aromatic carbocycles. The van der Waals surface area contributed by atoms with E-state index < -0.39 is 11.7 Å². The highest BCUT2D eigenvalue weighted by atomic mass is 19.4. The molecule has 1 fully saturated rings. The molecule has 1 unspecified atom stereocenters. The second-order valence-electron chi connectivity index (χ2n) is 7.52.